The number of rotatable bonds is 4. The fourth-order valence-corrected chi connectivity index (χ4v) is 2.06. The van der Waals surface area contributed by atoms with Gasteiger partial charge in [0, 0.05) is 0 Å². The van der Waals surface area contributed by atoms with E-state index in [1.54, 1.807) is 0 Å². The summed E-state index contributed by atoms with van der Waals surface area (Å²) in [6, 6.07) is 4.92. The number of halogens is 5. The molecule has 0 saturated carbocycles. The third-order valence-electron chi connectivity index (χ3n) is 3.11. The lowest BCUT2D eigenvalue weighted by molar-refractivity contribution is -0.123. The van der Waals surface area contributed by atoms with Gasteiger partial charge in [-0.25, -0.2) is 22.4 Å². The maximum absolute atomic E-state index is 13.6. The minimum atomic E-state index is -1.76. The molecule has 0 aliphatic rings. The van der Waals surface area contributed by atoms with Crippen molar-refractivity contribution >= 4 is 29.2 Å². The van der Waals surface area contributed by atoms with Gasteiger partial charge in [0.25, 0.3) is 5.91 Å². The quantitative estimate of drug-likeness (QED) is 0.497. The Morgan fingerprint density at radius 2 is 1.72 bits per heavy atom. The fourth-order valence-electron chi connectivity index (χ4n) is 1.82. The molecule has 0 heterocycles. The number of anilines is 1. The minimum absolute atomic E-state index is 0.218. The maximum atomic E-state index is 13.6. The lowest BCUT2D eigenvalue weighted by Crippen LogP contribution is -2.30. The van der Waals surface area contributed by atoms with Crippen LogP contribution < -0.4 is 5.32 Å². The van der Waals surface area contributed by atoms with E-state index in [1.807, 2.05) is 5.32 Å². The number of carbonyl (C=O) groups is 2. The molecular formula is C16H10ClF4NO3. The van der Waals surface area contributed by atoms with Crippen LogP contribution in [0.15, 0.2) is 30.3 Å². The van der Waals surface area contributed by atoms with Gasteiger partial charge in [0.05, 0.1) is 10.7 Å². The molecule has 0 spiro atoms. The number of amides is 1. The van der Waals surface area contributed by atoms with Crippen molar-refractivity contribution in [1.82, 2.24) is 0 Å². The summed E-state index contributed by atoms with van der Waals surface area (Å²) in [6.07, 6.45) is -1.49. The Morgan fingerprint density at radius 3 is 2.36 bits per heavy atom. The third-order valence-corrected chi connectivity index (χ3v) is 3.43. The Labute approximate surface area is 144 Å². The van der Waals surface area contributed by atoms with Gasteiger partial charge in [-0.3, -0.25) is 4.79 Å². The van der Waals surface area contributed by atoms with E-state index in [2.05, 4.69) is 0 Å². The van der Waals surface area contributed by atoms with Crippen molar-refractivity contribution in [2.75, 3.05) is 5.32 Å². The van der Waals surface area contributed by atoms with Crippen LogP contribution >= 0.6 is 11.6 Å². The van der Waals surface area contributed by atoms with Gasteiger partial charge >= 0.3 is 5.97 Å². The molecular weight excluding hydrogens is 366 g/mol. The van der Waals surface area contributed by atoms with Gasteiger partial charge in [-0.15, -0.1) is 0 Å². The van der Waals surface area contributed by atoms with Gasteiger partial charge in [0.1, 0.15) is 11.4 Å². The van der Waals surface area contributed by atoms with Crippen molar-refractivity contribution in [2.24, 2.45) is 0 Å². The summed E-state index contributed by atoms with van der Waals surface area (Å²) in [5.74, 6) is -7.99. The lowest BCUT2D eigenvalue weighted by atomic mass is 10.2. The Balaban J connectivity index is 2.11. The molecule has 0 saturated heterocycles. The average Bonchev–Trinajstić information content (AvgIpc) is 2.55. The molecule has 2 aromatic carbocycles. The summed E-state index contributed by atoms with van der Waals surface area (Å²) in [5, 5.41) is 1.72. The molecule has 2 rings (SSSR count). The molecule has 132 valence electrons. The molecule has 0 bridgehead atoms. The molecule has 1 amide bonds. The summed E-state index contributed by atoms with van der Waals surface area (Å²) in [5.41, 5.74) is -1.21. The second-order valence-corrected chi connectivity index (χ2v) is 5.26. The van der Waals surface area contributed by atoms with Crippen molar-refractivity contribution in [1.29, 1.82) is 0 Å². The van der Waals surface area contributed by atoms with Crippen LogP contribution in [0.25, 0.3) is 0 Å². The molecule has 0 unspecified atom stereocenters. The van der Waals surface area contributed by atoms with Crippen LogP contribution in [-0.2, 0) is 9.53 Å². The highest BCUT2D eigenvalue weighted by Gasteiger charge is 2.24. The van der Waals surface area contributed by atoms with Crippen LogP contribution in [0.4, 0.5) is 23.2 Å². The predicted octanol–water partition coefficient (Wildman–Crippen LogP) is 4.08. The first kappa shape index (κ1) is 18.7. The molecule has 9 heteroatoms. The zero-order chi connectivity index (χ0) is 18.7. The van der Waals surface area contributed by atoms with E-state index < -0.39 is 52.5 Å². The smallest absolute Gasteiger partial charge is 0.343 e. The molecule has 0 radical (unpaired) electrons. The minimum Gasteiger partial charge on any atom is -0.449 e. The molecule has 25 heavy (non-hydrogen) atoms. The van der Waals surface area contributed by atoms with E-state index in [0.717, 1.165) is 19.1 Å². The highest BCUT2D eigenvalue weighted by atomic mass is 35.5. The summed E-state index contributed by atoms with van der Waals surface area (Å²) in [6.45, 7) is 1.12. The monoisotopic (exact) mass is 375 g/mol. The van der Waals surface area contributed by atoms with Gasteiger partial charge in [-0.1, -0.05) is 17.7 Å². The van der Waals surface area contributed by atoms with Crippen LogP contribution in [0, 0.1) is 23.3 Å². The Bertz CT molecular complexity index is 824. The standard InChI is InChI=1S/C16H10ClF4NO3/c1-7(25-16(24)12-8(17)3-2-4-9(12)18)15(23)22-11-6-5-10(19)13(20)14(11)21/h2-7H,1H3,(H,22,23)/t7-/m1/s1. The number of nitrogens with one attached hydrogen (secondary N) is 1. The van der Waals surface area contributed by atoms with E-state index in [-0.39, 0.29) is 5.02 Å². The van der Waals surface area contributed by atoms with Crippen LogP contribution in [-0.4, -0.2) is 18.0 Å². The molecule has 0 aliphatic heterocycles. The Hall–Kier alpha value is -2.61. The van der Waals surface area contributed by atoms with Gasteiger partial charge in [-0.2, -0.15) is 0 Å². The van der Waals surface area contributed by atoms with E-state index in [4.69, 9.17) is 16.3 Å². The summed E-state index contributed by atoms with van der Waals surface area (Å²) in [4.78, 5) is 23.8. The number of ether oxygens (including phenoxy) is 1. The molecule has 0 aromatic heterocycles. The van der Waals surface area contributed by atoms with Crippen molar-refractivity contribution in [2.45, 2.75) is 13.0 Å². The number of benzene rings is 2. The van der Waals surface area contributed by atoms with E-state index in [1.165, 1.54) is 12.1 Å². The maximum Gasteiger partial charge on any atom is 0.343 e. The highest BCUT2D eigenvalue weighted by molar-refractivity contribution is 6.33. The molecule has 1 atom stereocenters. The highest BCUT2D eigenvalue weighted by Crippen LogP contribution is 2.22. The first-order chi connectivity index (χ1) is 11.7. The topological polar surface area (TPSA) is 55.4 Å². The largest absolute Gasteiger partial charge is 0.449 e. The molecule has 0 aliphatic carbocycles. The SMILES string of the molecule is C[C@@H](OC(=O)c1c(F)cccc1Cl)C(=O)Nc1ccc(F)c(F)c1F. The Kier molecular flexibility index (Phi) is 5.63. The van der Waals surface area contributed by atoms with Crippen molar-refractivity contribution < 1.29 is 31.9 Å². The number of carbonyl (C=O) groups excluding carboxylic acids is 2. The lowest BCUT2D eigenvalue weighted by Gasteiger charge is -2.15. The molecule has 2 aromatic rings. The second-order valence-electron chi connectivity index (χ2n) is 4.86. The fraction of sp³-hybridized carbons (Fsp3) is 0.125. The van der Waals surface area contributed by atoms with Crippen LogP contribution in [0.2, 0.25) is 5.02 Å². The summed E-state index contributed by atoms with van der Waals surface area (Å²) < 4.78 is 57.9. The third kappa shape index (κ3) is 4.08. The molecule has 4 nitrogen and oxygen atoms in total. The number of hydrogen-bond acceptors (Lipinski definition) is 3. The van der Waals surface area contributed by atoms with Gasteiger partial charge < -0.3 is 10.1 Å². The number of esters is 1. The van der Waals surface area contributed by atoms with Crippen LogP contribution in [0.3, 0.4) is 0 Å². The van der Waals surface area contributed by atoms with E-state index in [9.17, 15) is 27.2 Å². The zero-order valence-corrected chi connectivity index (χ0v) is 13.3. The summed E-state index contributed by atoms with van der Waals surface area (Å²) >= 11 is 5.70. The Morgan fingerprint density at radius 1 is 1.04 bits per heavy atom. The van der Waals surface area contributed by atoms with Crippen molar-refractivity contribution in [3.63, 3.8) is 0 Å². The van der Waals surface area contributed by atoms with Gasteiger partial charge in [0.2, 0.25) is 0 Å². The van der Waals surface area contributed by atoms with Crippen LogP contribution in [0.1, 0.15) is 17.3 Å². The van der Waals surface area contributed by atoms with Crippen molar-refractivity contribution in [3.05, 3.63) is 64.2 Å². The molecule has 0 fully saturated rings. The first-order valence-electron chi connectivity index (χ1n) is 6.81. The summed E-state index contributed by atoms with van der Waals surface area (Å²) in [7, 11) is 0. The normalized spacial score (nSPS) is 11.8. The van der Waals surface area contributed by atoms with E-state index in [0.29, 0.717) is 6.07 Å². The predicted molar refractivity (Wildman–Crippen MR) is 81.2 cm³/mol. The second kappa shape index (κ2) is 7.52. The van der Waals surface area contributed by atoms with Crippen LogP contribution in [0.5, 0.6) is 0 Å². The van der Waals surface area contributed by atoms with Crippen molar-refractivity contribution in [3.8, 4) is 0 Å². The molecule has 1 N–H and O–H groups in total. The van der Waals surface area contributed by atoms with E-state index >= 15 is 0 Å². The first-order valence-corrected chi connectivity index (χ1v) is 7.19. The van der Waals surface area contributed by atoms with Gasteiger partial charge in [-0.05, 0) is 31.2 Å². The van der Waals surface area contributed by atoms with Gasteiger partial charge in [0.15, 0.2) is 23.6 Å². The average molecular weight is 376 g/mol. The number of hydrogen-bond donors (Lipinski definition) is 1. The zero-order valence-electron chi connectivity index (χ0n) is 12.6.